The number of nitrogens with one attached hydrogen (secondary N) is 1. The first-order valence-electron chi connectivity index (χ1n) is 7.94. The lowest BCUT2D eigenvalue weighted by Crippen LogP contribution is -2.20. The highest BCUT2D eigenvalue weighted by Crippen LogP contribution is 2.32. The molecule has 0 spiro atoms. The van der Waals surface area contributed by atoms with E-state index < -0.39 is 10.2 Å². The molecule has 26 heavy (non-hydrogen) atoms. The predicted octanol–water partition coefficient (Wildman–Crippen LogP) is 3.30. The molecule has 3 aromatic rings. The van der Waals surface area contributed by atoms with Gasteiger partial charge in [-0.2, -0.15) is 18.5 Å². The second kappa shape index (κ2) is 6.06. The van der Waals surface area contributed by atoms with E-state index in [1.165, 1.54) is 12.1 Å². The molecule has 0 radical (unpaired) electrons. The van der Waals surface area contributed by atoms with Crippen LogP contribution >= 0.6 is 0 Å². The van der Waals surface area contributed by atoms with Crippen molar-refractivity contribution in [2.45, 2.75) is 17.9 Å². The fraction of sp³-hybridized carbons (Fsp3) is 0.111. The third kappa shape index (κ3) is 2.99. The molecule has 6 nitrogen and oxygen atoms in total. The Kier molecular flexibility index (Phi) is 3.84. The highest BCUT2D eigenvalue weighted by molar-refractivity contribution is 7.86. The predicted molar refractivity (Wildman–Crippen MR) is 95.7 cm³/mol. The van der Waals surface area contributed by atoms with Gasteiger partial charge in [0.05, 0.1) is 4.90 Å². The van der Waals surface area contributed by atoms with E-state index in [1.807, 2.05) is 43.3 Å². The number of fused-ring (bicyclic) bond motifs is 1. The van der Waals surface area contributed by atoms with Gasteiger partial charge in [0.15, 0.2) is 0 Å². The number of hydrogen-bond donors (Lipinski definition) is 1. The molecule has 1 atom stereocenters. The summed E-state index contributed by atoms with van der Waals surface area (Å²) >= 11 is 0. The van der Waals surface area contributed by atoms with Gasteiger partial charge in [-0.3, -0.25) is 0 Å². The highest BCUT2D eigenvalue weighted by atomic mass is 32.3. The zero-order valence-electron chi connectivity index (χ0n) is 13.8. The Balaban J connectivity index is 1.78. The number of hydrogen-bond acceptors (Lipinski definition) is 5. The van der Waals surface area contributed by atoms with Crippen LogP contribution in [0.2, 0.25) is 0 Å². The molecule has 1 aliphatic heterocycles. The minimum absolute atomic E-state index is 0.159. The molecular weight excluding hydrogens is 355 g/mol. The summed E-state index contributed by atoms with van der Waals surface area (Å²) in [5.41, 5.74) is 2.52. The van der Waals surface area contributed by atoms with E-state index in [4.69, 9.17) is 0 Å². The van der Waals surface area contributed by atoms with E-state index in [-0.39, 0.29) is 10.9 Å². The van der Waals surface area contributed by atoms with Gasteiger partial charge in [0.1, 0.15) is 11.9 Å². The van der Waals surface area contributed by atoms with Gasteiger partial charge < -0.3 is 5.32 Å². The molecule has 4 rings (SSSR count). The molecule has 132 valence electrons. The lowest BCUT2D eigenvalue weighted by molar-refractivity contribution is 0.552. The quantitative estimate of drug-likeness (QED) is 0.716. The van der Waals surface area contributed by atoms with E-state index in [2.05, 4.69) is 15.4 Å². The van der Waals surface area contributed by atoms with Crippen LogP contribution in [-0.4, -0.2) is 23.2 Å². The minimum atomic E-state index is -4.72. The third-order valence-electron chi connectivity index (χ3n) is 4.16. The third-order valence-corrected chi connectivity index (χ3v) is 4.99. The maximum absolute atomic E-state index is 13.1. The Labute approximate surface area is 150 Å². The summed E-state index contributed by atoms with van der Waals surface area (Å²) < 4.78 is 36.9. The van der Waals surface area contributed by atoms with Crippen molar-refractivity contribution < 1.29 is 12.3 Å². The molecule has 0 fully saturated rings. The molecule has 0 unspecified atom stereocenters. The number of aromatic nitrogens is 3. The summed E-state index contributed by atoms with van der Waals surface area (Å²) in [5.74, 6) is 1.23. The van der Waals surface area contributed by atoms with Gasteiger partial charge in [0, 0.05) is 5.70 Å². The SMILES string of the molecule is Cc1nc2n(n1)[C@@H](c1ccccc1)C=C(c1ccc(S(=O)(=O)F)cc1)N2. The van der Waals surface area contributed by atoms with Crippen molar-refractivity contribution in [1.82, 2.24) is 14.8 Å². The number of anilines is 1. The first-order chi connectivity index (χ1) is 12.4. The van der Waals surface area contributed by atoms with Crippen LogP contribution in [0.1, 0.15) is 23.0 Å². The van der Waals surface area contributed by atoms with Crippen molar-refractivity contribution >= 4 is 21.9 Å². The smallest absolute Gasteiger partial charge is 0.324 e. The van der Waals surface area contributed by atoms with Crippen molar-refractivity contribution in [2.24, 2.45) is 0 Å². The standard InChI is InChI=1S/C18H15FN4O2S/c1-12-20-18-21-16(13-7-9-15(10-8-13)26(19,24)25)11-17(23(18)22-12)14-5-3-2-4-6-14/h2-11,17H,1H3,(H,20,21,22)/t17-/m1/s1. The van der Waals surface area contributed by atoms with Crippen LogP contribution in [0.4, 0.5) is 9.83 Å². The maximum Gasteiger partial charge on any atom is 0.332 e. The van der Waals surface area contributed by atoms with Crippen molar-refractivity contribution in [3.63, 3.8) is 0 Å². The second-order valence-electron chi connectivity index (χ2n) is 5.95. The van der Waals surface area contributed by atoms with E-state index >= 15 is 0 Å². The molecule has 0 aliphatic carbocycles. The topological polar surface area (TPSA) is 76.9 Å². The van der Waals surface area contributed by atoms with Crippen LogP contribution in [0.3, 0.4) is 0 Å². The largest absolute Gasteiger partial charge is 0.332 e. The molecule has 0 saturated carbocycles. The van der Waals surface area contributed by atoms with Crippen LogP contribution in [0.25, 0.3) is 5.70 Å². The number of benzene rings is 2. The zero-order chi connectivity index (χ0) is 18.3. The van der Waals surface area contributed by atoms with Gasteiger partial charge in [0.25, 0.3) is 0 Å². The molecular formula is C18H15FN4O2S. The average molecular weight is 370 g/mol. The Morgan fingerprint density at radius 2 is 1.77 bits per heavy atom. The van der Waals surface area contributed by atoms with Gasteiger partial charge in [-0.15, -0.1) is 3.89 Å². The normalized spacial score (nSPS) is 16.5. The molecule has 1 N–H and O–H groups in total. The Morgan fingerprint density at radius 1 is 1.08 bits per heavy atom. The van der Waals surface area contributed by atoms with Gasteiger partial charge >= 0.3 is 10.2 Å². The van der Waals surface area contributed by atoms with E-state index in [0.29, 0.717) is 11.8 Å². The van der Waals surface area contributed by atoms with Gasteiger partial charge in [-0.1, -0.05) is 42.5 Å². The van der Waals surface area contributed by atoms with E-state index in [0.717, 1.165) is 16.8 Å². The summed E-state index contributed by atoms with van der Waals surface area (Å²) in [7, 11) is -4.72. The summed E-state index contributed by atoms with van der Waals surface area (Å²) in [6, 6.07) is 15.3. The maximum atomic E-state index is 13.1. The number of halogens is 1. The summed E-state index contributed by atoms with van der Waals surface area (Å²) in [6.07, 6.45) is 1.98. The van der Waals surface area contributed by atoms with Crippen molar-refractivity contribution in [1.29, 1.82) is 0 Å². The van der Waals surface area contributed by atoms with Crippen LogP contribution in [0.5, 0.6) is 0 Å². The summed E-state index contributed by atoms with van der Waals surface area (Å²) in [6.45, 7) is 1.82. The first-order valence-corrected chi connectivity index (χ1v) is 9.32. The first kappa shape index (κ1) is 16.5. The van der Waals surface area contributed by atoms with Crippen LogP contribution in [0, 0.1) is 6.92 Å². The highest BCUT2D eigenvalue weighted by Gasteiger charge is 2.24. The van der Waals surface area contributed by atoms with Gasteiger partial charge in [-0.25, -0.2) is 4.68 Å². The van der Waals surface area contributed by atoms with Gasteiger partial charge in [0.2, 0.25) is 5.95 Å². The molecule has 1 aromatic heterocycles. The minimum Gasteiger partial charge on any atom is -0.324 e. The Bertz CT molecular complexity index is 1090. The lowest BCUT2D eigenvalue weighted by atomic mass is 10.0. The average Bonchev–Trinajstić information content (AvgIpc) is 3.01. The Hall–Kier alpha value is -3.00. The molecule has 8 heteroatoms. The molecule has 0 amide bonds. The Morgan fingerprint density at radius 3 is 2.42 bits per heavy atom. The number of rotatable bonds is 3. The fourth-order valence-corrected chi connectivity index (χ4v) is 3.41. The van der Waals surface area contributed by atoms with Gasteiger partial charge in [-0.05, 0) is 36.3 Å². The molecule has 0 bridgehead atoms. The zero-order valence-corrected chi connectivity index (χ0v) is 14.6. The van der Waals surface area contributed by atoms with Crippen LogP contribution < -0.4 is 5.32 Å². The second-order valence-corrected chi connectivity index (χ2v) is 7.30. The molecule has 1 aliphatic rings. The van der Waals surface area contributed by atoms with Crippen molar-refractivity contribution in [3.05, 3.63) is 77.6 Å². The van der Waals surface area contributed by atoms with Crippen molar-refractivity contribution in [2.75, 3.05) is 5.32 Å². The van der Waals surface area contributed by atoms with E-state index in [1.54, 1.807) is 16.8 Å². The number of nitrogens with zero attached hydrogens (tertiary/aromatic N) is 3. The summed E-state index contributed by atoms with van der Waals surface area (Å²) in [4.78, 5) is 4.04. The molecule has 2 heterocycles. The lowest BCUT2D eigenvalue weighted by Gasteiger charge is -2.24. The molecule has 0 saturated heterocycles. The summed E-state index contributed by atoms with van der Waals surface area (Å²) in [5, 5.41) is 7.65. The molecule has 2 aromatic carbocycles. The number of allylic oxidation sites excluding steroid dienone is 1. The number of aryl methyl sites for hydroxylation is 1. The fourth-order valence-electron chi connectivity index (χ4n) is 2.95. The van der Waals surface area contributed by atoms with Crippen LogP contribution in [0.15, 0.2) is 65.6 Å². The van der Waals surface area contributed by atoms with E-state index in [9.17, 15) is 12.3 Å². The monoisotopic (exact) mass is 370 g/mol. The van der Waals surface area contributed by atoms with Crippen LogP contribution in [-0.2, 0) is 10.2 Å². The van der Waals surface area contributed by atoms with Crippen molar-refractivity contribution in [3.8, 4) is 0 Å².